The highest BCUT2D eigenvalue weighted by molar-refractivity contribution is 5.65. The fraction of sp³-hybridized carbons (Fsp3) is 0. The number of rotatable bonds is 0. The van der Waals surface area contributed by atoms with Crippen molar-refractivity contribution in [3.05, 3.63) is 28.9 Å². The van der Waals surface area contributed by atoms with E-state index in [1.807, 2.05) is 0 Å². The molecule has 10 heavy (non-hydrogen) atoms. The van der Waals surface area contributed by atoms with Crippen LogP contribution in [0.15, 0.2) is 27.7 Å². The molecule has 0 bridgehead atoms. The Hall–Kier alpha value is -1.58. The van der Waals surface area contributed by atoms with Crippen molar-refractivity contribution in [3.63, 3.8) is 0 Å². The second-order valence-corrected chi connectivity index (χ2v) is 1.89. The number of pyridine rings is 1. The first-order valence-electron chi connectivity index (χ1n) is 2.79. The summed E-state index contributed by atoms with van der Waals surface area (Å²) in [7, 11) is 0. The molecular weight excluding hydrogens is 132 g/mol. The minimum absolute atomic E-state index is 0.165. The summed E-state index contributed by atoms with van der Waals surface area (Å²) in [5.41, 5.74) is 0.925. The number of hydrogen-bond donors (Lipinski definition) is 1. The van der Waals surface area contributed by atoms with Crippen molar-refractivity contribution in [2.75, 3.05) is 0 Å². The number of hydrogen-bond acceptors (Lipinski definition) is 3. The maximum Gasteiger partial charge on any atom is 0.249 e. The molecule has 0 radical (unpaired) electrons. The maximum atomic E-state index is 10.6. The average molecular weight is 136 g/mol. The van der Waals surface area contributed by atoms with Gasteiger partial charge in [0.2, 0.25) is 5.56 Å². The van der Waals surface area contributed by atoms with Gasteiger partial charge in [0.25, 0.3) is 0 Å². The summed E-state index contributed by atoms with van der Waals surface area (Å²) >= 11 is 0. The van der Waals surface area contributed by atoms with Gasteiger partial charge in [0, 0.05) is 6.07 Å². The summed E-state index contributed by atoms with van der Waals surface area (Å²) in [6.07, 6.45) is 1.29. The van der Waals surface area contributed by atoms with E-state index in [2.05, 4.69) is 9.97 Å². The first kappa shape index (κ1) is 5.22. The fourth-order valence-corrected chi connectivity index (χ4v) is 0.777. The van der Waals surface area contributed by atoms with Crippen molar-refractivity contribution in [2.45, 2.75) is 0 Å². The molecule has 0 saturated heterocycles. The van der Waals surface area contributed by atoms with Gasteiger partial charge in [-0.1, -0.05) is 0 Å². The zero-order valence-electron chi connectivity index (χ0n) is 5.00. The van der Waals surface area contributed by atoms with Crippen LogP contribution in [0.3, 0.4) is 0 Å². The van der Waals surface area contributed by atoms with Crippen molar-refractivity contribution in [1.29, 1.82) is 0 Å². The lowest BCUT2D eigenvalue weighted by Crippen LogP contribution is -2.01. The van der Waals surface area contributed by atoms with Crippen LogP contribution in [0.2, 0.25) is 0 Å². The van der Waals surface area contributed by atoms with Crippen molar-refractivity contribution >= 4 is 11.2 Å². The number of aromatic amines is 1. The highest BCUT2D eigenvalue weighted by Crippen LogP contribution is 2.03. The number of nitrogens with one attached hydrogen (secondary N) is 1. The molecule has 0 unspecified atom stereocenters. The van der Waals surface area contributed by atoms with Crippen LogP contribution in [-0.2, 0) is 0 Å². The minimum atomic E-state index is -0.165. The molecule has 2 rings (SSSR count). The van der Waals surface area contributed by atoms with Gasteiger partial charge in [-0.15, -0.1) is 0 Å². The van der Waals surface area contributed by atoms with E-state index in [1.165, 1.54) is 12.5 Å². The van der Waals surface area contributed by atoms with Crippen LogP contribution in [0.25, 0.3) is 11.2 Å². The second kappa shape index (κ2) is 1.70. The van der Waals surface area contributed by atoms with Crippen molar-refractivity contribution in [2.24, 2.45) is 0 Å². The normalized spacial score (nSPS) is 10.4. The molecule has 0 aromatic carbocycles. The van der Waals surface area contributed by atoms with Gasteiger partial charge in [0.15, 0.2) is 17.6 Å². The lowest BCUT2D eigenvalue weighted by molar-refractivity contribution is 0.602. The fourth-order valence-electron chi connectivity index (χ4n) is 0.777. The quantitative estimate of drug-likeness (QED) is 0.574. The van der Waals surface area contributed by atoms with Gasteiger partial charge in [0.05, 0.1) is 0 Å². The average Bonchev–Trinajstić information content (AvgIpc) is 2.33. The van der Waals surface area contributed by atoms with Gasteiger partial charge in [-0.05, 0) is 6.07 Å². The molecule has 4 heteroatoms. The van der Waals surface area contributed by atoms with Crippen LogP contribution >= 0.6 is 0 Å². The molecule has 4 nitrogen and oxygen atoms in total. The molecule has 0 aliphatic rings. The van der Waals surface area contributed by atoms with E-state index in [0.29, 0.717) is 11.2 Å². The monoisotopic (exact) mass is 136 g/mol. The summed E-state index contributed by atoms with van der Waals surface area (Å²) in [6, 6.07) is 2.98. The Morgan fingerprint density at radius 1 is 1.50 bits per heavy atom. The molecule has 0 atom stereocenters. The van der Waals surface area contributed by atoms with Crippen LogP contribution in [0.4, 0.5) is 0 Å². The Morgan fingerprint density at radius 2 is 2.40 bits per heavy atom. The van der Waals surface area contributed by atoms with E-state index >= 15 is 0 Å². The van der Waals surface area contributed by atoms with Gasteiger partial charge >= 0.3 is 0 Å². The molecule has 0 aliphatic carbocycles. The Bertz CT molecular complexity index is 401. The zero-order chi connectivity index (χ0) is 6.97. The topological polar surface area (TPSA) is 58.9 Å². The van der Waals surface area contributed by atoms with Gasteiger partial charge in [-0.3, -0.25) is 4.79 Å². The van der Waals surface area contributed by atoms with Gasteiger partial charge in [-0.25, -0.2) is 0 Å². The highest BCUT2D eigenvalue weighted by atomic mass is 16.3. The molecular formula is C6H4N2O2. The van der Waals surface area contributed by atoms with E-state index in [9.17, 15) is 4.79 Å². The Morgan fingerprint density at radius 3 is 3.30 bits per heavy atom. The molecule has 2 heterocycles. The van der Waals surface area contributed by atoms with Crippen molar-refractivity contribution in [1.82, 2.24) is 9.97 Å². The smallest absolute Gasteiger partial charge is 0.249 e. The zero-order valence-corrected chi connectivity index (χ0v) is 5.00. The van der Waals surface area contributed by atoms with E-state index in [1.54, 1.807) is 6.07 Å². The molecule has 0 aliphatic heterocycles. The molecule has 0 saturated carbocycles. The summed E-state index contributed by atoms with van der Waals surface area (Å²) in [4.78, 5) is 16.9. The maximum absolute atomic E-state index is 10.6. The van der Waals surface area contributed by atoms with Crippen LogP contribution in [0.5, 0.6) is 0 Å². The number of aromatic nitrogens is 2. The molecule has 1 N–H and O–H groups in total. The predicted octanol–water partition coefficient (Wildman–Crippen LogP) is 0.516. The number of H-pyrrole nitrogens is 1. The Kier molecular flexibility index (Phi) is 0.887. The van der Waals surface area contributed by atoms with Crippen LogP contribution in [0.1, 0.15) is 0 Å². The largest absolute Gasteiger partial charge is 0.442 e. The highest BCUT2D eigenvalue weighted by Gasteiger charge is 1.95. The summed E-state index contributed by atoms with van der Waals surface area (Å²) in [5.74, 6) is 0. The molecule has 50 valence electrons. The van der Waals surface area contributed by atoms with Crippen LogP contribution < -0.4 is 5.56 Å². The number of oxazole rings is 1. The molecule has 0 fully saturated rings. The van der Waals surface area contributed by atoms with Gasteiger partial charge in [-0.2, -0.15) is 4.98 Å². The lowest BCUT2D eigenvalue weighted by atomic mass is 10.5. The predicted molar refractivity (Wildman–Crippen MR) is 34.6 cm³/mol. The first-order chi connectivity index (χ1) is 4.86. The van der Waals surface area contributed by atoms with Gasteiger partial charge in [0.1, 0.15) is 0 Å². The second-order valence-electron chi connectivity index (χ2n) is 1.89. The molecule has 0 amide bonds. The lowest BCUT2D eigenvalue weighted by Gasteiger charge is -1.81. The van der Waals surface area contributed by atoms with E-state index in [4.69, 9.17) is 4.42 Å². The minimum Gasteiger partial charge on any atom is -0.442 e. The third-order valence-corrected chi connectivity index (χ3v) is 1.22. The summed E-state index contributed by atoms with van der Waals surface area (Å²) < 4.78 is 4.89. The van der Waals surface area contributed by atoms with E-state index < -0.39 is 0 Å². The standard InChI is InChI=1S/C6H4N2O2/c9-5-2-1-4-6(8-5)7-3-10-4/h1-3H,(H,8,9). The number of nitrogens with zero attached hydrogens (tertiary/aromatic N) is 1. The Balaban J connectivity index is 2.99. The SMILES string of the molecule is O=c1ccc2ocnc2[nH]1. The third kappa shape index (κ3) is 0.621. The number of fused-ring (bicyclic) bond motifs is 1. The molecule has 2 aromatic heterocycles. The molecule has 2 aromatic rings. The van der Waals surface area contributed by atoms with E-state index in [-0.39, 0.29) is 5.56 Å². The summed E-state index contributed by atoms with van der Waals surface area (Å²) in [5, 5.41) is 0. The summed E-state index contributed by atoms with van der Waals surface area (Å²) in [6.45, 7) is 0. The van der Waals surface area contributed by atoms with Crippen molar-refractivity contribution < 1.29 is 4.42 Å². The van der Waals surface area contributed by atoms with Crippen LogP contribution in [0, 0.1) is 0 Å². The van der Waals surface area contributed by atoms with Crippen LogP contribution in [-0.4, -0.2) is 9.97 Å². The van der Waals surface area contributed by atoms with Gasteiger partial charge < -0.3 is 9.40 Å². The molecule has 0 spiro atoms. The van der Waals surface area contributed by atoms with E-state index in [0.717, 1.165) is 0 Å². The van der Waals surface area contributed by atoms with Crippen molar-refractivity contribution in [3.8, 4) is 0 Å². The first-order valence-corrected chi connectivity index (χ1v) is 2.79. The Labute approximate surface area is 55.5 Å². The third-order valence-electron chi connectivity index (χ3n) is 1.22.